The Bertz CT molecular complexity index is 687. The summed E-state index contributed by atoms with van der Waals surface area (Å²) in [5, 5.41) is 6.05. The number of amides is 1. The van der Waals surface area contributed by atoms with Gasteiger partial charge in [-0.05, 0) is 37.6 Å². The van der Waals surface area contributed by atoms with Gasteiger partial charge in [-0.3, -0.25) is 4.79 Å². The van der Waals surface area contributed by atoms with Gasteiger partial charge in [0.15, 0.2) is 5.82 Å². The SMILES string of the molecule is CC1=CC(Nc2ncccc2N)=C(C)C2C=CNC(=O)C12. The maximum Gasteiger partial charge on any atom is 0.232 e. The van der Waals surface area contributed by atoms with Crippen LogP contribution in [0.2, 0.25) is 0 Å². The number of pyridine rings is 1. The Balaban J connectivity index is 1.98. The van der Waals surface area contributed by atoms with Gasteiger partial charge in [0, 0.05) is 24.0 Å². The van der Waals surface area contributed by atoms with Crippen molar-refractivity contribution in [1.82, 2.24) is 10.3 Å². The molecule has 0 aromatic carbocycles. The summed E-state index contributed by atoms with van der Waals surface area (Å²) >= 11 is 0. The van der Waals surface area contributed by atoms with Crippen LogP contribution in [0.4, 0.5) is 11.5 Å². The zero-order chi connectivity index (χ0) is 15.0. The number of nitrogens with one attached hydrogen (secondary N) is 2. The standard InChI is InChI=1S/C16H18N4O/c1-9-8-13(20-15-12(17)4-3-6-18-15)10(2)11-5-7-19-16(21)14(9)11/h3-8,11,14H,17H2,1-2H3,(H,18,20)(H,19,21). The molecule has 1 amide bonds. The highest BCUT2D eigenvalue weighted by Crippen LogP contribution is 2.37. The van der Waals surface area contributed by atoms with Crippen LogP contribution in [-0.2, 0) is 4.79 Å². The van der Waals surface area contributed by atoms with Crippen LogP contribution >= 0.6 is 0 Å². The lowest BCUT2D eigenvalue weighted by atomic mass is 9.75. The van der Waals surface area contributed by atoms with Crippen LogP contribution in [0, 0.1) is 11.8 Å². The molecule has 0 bridgehead atoms. The summed E-state index contributed by atoms with van der Waals surface area (Å²) in [7, 11) is 0. The Morgan fingerprint density at radius 3 is 2.95 bits per heavy atom. The summed E-state index contributed by atoms with van der Waals surface area (Å²) in [5.41, 5.74) is 9.63. The van der Waals surface area contributed by atoms with Gasteiger partial charge in [0.2, 0.25) is 5.91 Å². The Hall–Kier alpha value is -2.56. The van der Waals surface area contributed by atoms with Gasteiger partial charge in [-0.2, -0.15) is 0 Å². The van der Waals surface area contributed by atoms with Gasteiger partial charge in [0.05, 0.1) is 11.6 Å². The van der Waals surface area contributed by atoms with Crippen LogP contribution < -0.4 is 16.4 Å². The molecule has 2 unspecified atom stereocenters. The number of hydrogen-bond donors (Lipinski definition) is 3. The number of rotatable bonds is 2. The first-order valence-corrected chi connectivity index (χ1v) is 6.91. The third kappa shape index (κ3) is 2.31. The van der Waals surface area contributed by atoms with Crippen molar-refractivity contribution in [3.05, 3.63) is 53.5 Å². The maximum absolute atomic E-state index is 12.0. The number of carbonyl (C=O) groups excluding carboxylic acids is 1. The summed E-state index contributed by atoms with van der Waals surface area (Å²) in [6.07, 6.45) is 7.45. The van der Waals surface area contributed by atoms with Crippen LogP contribution in [0.1, 0.15) is 13.8 Å². The predicted octanol–water partition coefficient (Wildman–Crippen LogP) is 2.19. The van der Waals surface area contributed by atoms with Gasteiger partial charge in [-0.1, -0.05) is 11.6 Å². The van der Waals surface area contributed by atoms with E-state index in [0.717, 1.165) is 16.8 Å². The average Bonchev–Trinajstić information content (AvgIpc) is 2.46. The number of hydrogen-bond acceptors (Lipinski definition) is 4. The molecule has 5 nitrogen and oxygen atoms in total. The van der Waals surface area contributed by atoms with E-state index in [-0.39, 0.29) is 17.7 Å². The summed E-state index contributed by atoms with van der Waals surface area (Å²) in [6.45, 7) is 4.01. The fourth-order valence-electron chi connectivity index (χ4n) is 2.88. The van der Waals surface area contributed by atoms with Crippen molar-refractivity contribution < 1.29 is 4.79 Å². The van der Waals surface area contributed by atoms with Crippen LogP contribution in [-0.4, -0.2) is 10.9 Å². The van der Waals surface area contributed by atoms with Gasteiger partial charge in [-0.25, -0.2) is 4.98 Å². The molecule has 1 aromatic heterocycles. The van der Waals surface area contributed by atoms with Crippen molar-refractivity contribution in [3.8, 4) is 0 Å². The largest absolute Gasteiger partial charge is 0.396 e. The first kappa shape index (κ1) is 13.4. The highest BCUT2D eigenvalue weighted by atomic mass is 16.1. The highest BCUT2D eigenvalue weighted by molar-refractivity contribution is 5.85. The van der Waals surface area contributed by atoms with Gasteiger partial charge in [-0.15, -0.1) is 0 Å². The summed E-state index contributed by atoms with van der Waals surface area (Å²) in [4.78, 5) is 16.3. The molecule has 0 spiro atoms. The third-order valence-corrected chi connectivity index (χ3v) is 4.05. The van der Waals surface area contributed by atoms with Crippen molar-refractivity contribution >= 4 is 17.4 Å². The minimum absolute atomic E-state index is 0.0481. The van der Waals surface area contributed by atoms with Gasteiger partial charge in [0.1, 0.15) is 0 Å². The molecule has 108 valence electrons. The molecule has 2 heterocycles. The number of aromatic nitrogens is 1. The smallest absolute Gasteiger partial charge is 0.232 e. The molecule has 1 aliphatic heterocycles. The second-order valence-electron chi connectivity index (χ2n) is 5.42. The number of allylic oxidation sites excluding steroid dienone is 3. The normalized spacial score (nSPS) is 24.3. The number of nitrogen functional groups attached to an aromatic ring is 1. The molecule has 0 saturated heterocycles. The molecule has 1 aromatic rings. The van der Waals surface area contributed by atoms with Gasteiger partial charge < -0.3 is 16.4 Å². The van der Waals surface area contributed by atoms with Crippen molar-refractivity contribution in [3.63, 3.8) is 0 Å². The Morgan fingerprint density at radius 1 is 1.38 bits per heavy atom. The Kier molecular flexibility index (Phi) is 3.25. The average molecular weight is 282 g/mol. The highest BCUT2D eigenvalue weighted by Gasteiger charge is 2.35. The number of fused-ring (bicyclic) bond motifs is 1. The molecule has 0 radical (unpaired) electrons. The molecule has 1 aliphatic carbocycles. The van der Waals surface area contributed by atoms with Crippen molar-refractivity contribution in [2.45, 2.75) is 13.8 Å². The van der Waals surface area contributed by atoms with E-state index in [1.165, 1.54) is 0 Å². The summed E-state index contributed by atoms with van der Waals surface area (Å²) in [5.74, 6) is 0.642. The zero-order valence-corrected chi connectivity index (χ0v) is 12.1. The summed E-state index contributed by atoms with van der Waals surface area (Å²) in [6, 6.07) is 3.61. The van der Waals surface area contributed by atoms with E-state index >= 15 is 0 Å². The monoisotopic (exact) mass is 282 g/mol. The molecule has 2 aliphatic rings. The van der Waals surface area contributed by atoms with Gasteiger partial charge >= 0.3 is 0 Å². The van der Waals surface area contributed by atoms with E-state index < -0.39 is 0 Å². The Morgan fingerprint density at radius 2 is 2.19 bits per heavy atom. The fourth-order valence-corrected chi connectivity index (χ4v) is 2.88. The number of nitrogens with zero attached hydrogens (tertiary/aromatic N) is 1. The number of nitrogens with two attached hydrogens (primary N) is 1. The maximum atomic E-state index is 12.0. The minimum Gasteiger partial charge on any atom is -0.396 e. The molecule has 4 N–H and O–H groups in total. The van der Waals surface area contributed by atoms with Crippen LogP contribution in [0.3, 0.4) is 0 Å². The van der Waals surface area contributed by atoms with E-state index in [2.05, 4.69) is 15.6 Å². The number of carbonyl (C=O) groups is 1. The van der Waals surface area contributed by atoms with Gasteiger partial charge in [0.25, 0.3) is 0 Å². The van der Waals surface area contributed by atoms with Crippen molar-refractivity contribution in [2.24, 2.45) is 11.8 Å². The zero-order valence-electron chi connectivity index (χ0n) is 12.1. The van der Waals surface area contributed by atoms with E-state index in [0.29, 0.717) is 11.5 Å². The van der Waals surface area contributed by atoms with Crippen LogP contribution in [0.5, 0.6) is 0 Å². The van der Waals surface area contributed by atoms with Crippen molar-refractivity contribution in [2.75, 3.05) is 11.1 Å². The molecule has 3 rings (SSSR count). The lowest BCUT2D eigenvalue weighted by Gasteiger charge is -2.33. The molecule has 2 atom stereocenters. The fraction of sp³-hybridized carbons (Fsp3) is 0.250. The second kappa shape index (κ2) is 5.09. The lowest BCUT2D eigenvalue weighted by molar-refractivity contribution is -0.124. The summed E-state index contributed by atoms with van der Waals surface area (Å²) < 4.78 is 0. The topological polar surface area (TPSA) is 80.0 Å². The molecule has 21 heavy (non-hydrogen) atoms. The van der Waals surface area contributed by atoms with E-state index in [9.17, 15) is 4.79 Å². The van der Waals surface area contributed by atoms with Crippen LogP contribution in [0.15, 0.2) is 53.5 Å². The minimum atomic E-state index is -0.123. The first-order valence-electron chi connectivity index (χ1n) is 6.91. The molecule has 0 saturated carbocycles. The molecule has 5 heteroatoms. The van der Waals surface area contributed by atoms with Crippen LogP contribution in [0.25, 0.3) is 0 Å². The van der Waals surface area contributed by atoms with E-state index in [1.807, 2.05) is 26.0 Å². The molecule has 0 fully saturated rings. The first-order chi connectivity index (χ1) is 10.1. The second-order valence-corrected chi connectivity index (χ2v) is 5.42. The Labute approximate surface area is 123 Å². The van der Waals surface area contributed by atoms with E-state index in [1.54, 1.807) is 24.5 Å². The predicted molar refractivity (Wildman–Crippen MR) is 83.0 cm³/mol. The number of anilines is 2. The van der Waals surface area contributed by atoms with E-state index in [4.69, 9.17) is 5.73 Å². The molecular weight excluding hydrogens is 264 g/mol. The van der Waals surface area contributed by atoms with Crippen molar-refractivity contribution in [1.29, 1.82) is 0 Å². The third-order valence-electron chi connectivity index (χ3n) is 4.05. The lowest BCUT2D eigenvalue weighted by Crippen LogP contribution is -2.38. The quantitative estimate of drug-likeness (QED) is 0.776. The molecular formula is C16H18N4O.